The molecule has 0 spiro atoms. The minimum absolute atomic E-state index is 0.0456. The number of likely N-dealkylation sites (tertiary alicyclic amines) is 1. The Kier molecular flexibility index (Phi) is 10.4. The van der Waals surface area contributed by atoms with Crippen LogP contribution in [-0.2, 0) is 19.2 Å². The lowest BCUT2D eigenvalue weighted by atomic mass is 9.97. The first-order chi connectivity index (χ1) is 17.7. The maximum absolute atomic E-state index is 13.5. The van der Waals surface area contributed by atoms with Gasteiger partial charge >= 0.3 is 0 Å². The molecule has 1 heterocycles. The summed E-state index contributed by atoms with van der Waals surface area (Å²) in [6.45, 7) is 1.49. The third-order valence-electron chi connectivity index (χ3n) is 6.48. The van der Waals surface area contributed by atoms with E-state index in [2.05, 4.69) is 16.0 Å². The van der Waals surface area contributed by atoms with Gasteiger partial charge in [-0.25, -0.2) is 0 Å². The molecule has 1 aromatic rings. The van der Waals surface area contributed by atoms with Crippen LogP contribution in [0.3, 0.4) is 0 Å². The SMILES string of the molecule is CNC(=O)C1[C@@H](O)[C@@H](C)CN1C(=O)C(NC(=O)C(NC)[C@H](O)[C@@H](O)c1ccc(O)c(O)c1)[C@H](O)CC(N)=O. The smallest absolute Gasteiger partial charge is 0.248 e. The molecule has 4 amide bonds. The number of nitrogens with one attached hydrogen (secondary N) is 3. The topological polar surface area (TPSA) is 255 Å². The molecular formula is C23H35N5O10. The number of rotatable bonds is 11. The molecule has 8 atom stereocenters. The van der Waals surface area contributed by atoms with Gasteiger partial charge in [0.15, 0.2) is 11.5 Å². The van der Waals surface area contributed by atoms with Crippen LogP contribution in [0.1, 0.15) is 25.0 Å². The van der Waals surface area contributed by atoms with Gasteiger partial charge in [-0.3, -0.25) is 19.2 Å². The van der Waals surface area contributed by atoms with Gasteiger partial charge in [0, 0.05) is 19.5 Å². The average molecular weight is 542 g/mol. The van der Waals surface area contributed by atoms with E-state index >= 15 is 0 Å². The molecule has 1 fully saturated rings. The molecule has 212 valence electrons. The van der Waals surface area contributed by atoms with Gasteiger partial charge in [0.1, 0.15) is 30.3 Å². The molecule has 2 rings (SSSR count). The first-order valence-electron chi connectivity index (χ1n) is 11.8. The van der Waals surface area contributed by atoms with Crippen LogP contribution in [0.2, 0.25) is 0 Å². The molecule has 0 aliphatic carbocycles. The lowest BCUT2D eigenvalue weighted by molar-refractivity contribution is -0.147. The number of aliphatic hydroxyl groups excluding tert-OH is 4. The van der Waals surface area contributed by atoms with Crippen LogP contribution < -0.4 is 21.7 Å². The molecule has 3 unspecified atom stereocenters. The third-order valence-corrected chi connectivity index (χ3v) is 6.48. The summed E-state index contributed by atoms with van der Waals surface area (Å²) in [6, 6.07) is -1.49. The second-order valence-corrected chi connectivity index (χ2v) is 9.19. The van der Waals surface area contributed by atoms with Gasteiger partial charge in [-0.05, 0) is 24.7 Å². The molecule has 0 aromatic heterocycles. The van der Waals surface area contributed by atoms with Crippen molar-refractivity contribution in [2.75, 3.05) is 20.6 Å². The van der Waals surface area contributed by atoms with Gasteiger partial charge in [0.2, 0.25) is 23.6 Å². The number of aliphatic hydroxyl groups is 4. The second-order valence-electron chi connectivity index (χ2n) is 9.19. The van der Waals surface area contributed by atoms with Gasteiger partial charge < -0.3 is 57.2 Å². The summed E-state index contributed by atoms with van der Waals surface area (Å²) >= 11 is 0. The van der Waals surface area contributed by atoms with Gasteiger partial charge in [0.25, 0.3) is 0 Å². The fourth-order valence-corrected chi connectivity index (χ4v) is 4.33. The number of amides is 4. The summed E-state index contributed by atoms with van der Waals surface area (Å²) in [5.74, 6) is -5.32. The standard InChI is InChI=1S/C23H35N5O10/c1-9-8-28(17(18(9)33)22(37)26-3)23(38)15(13(31)7-14(24)32)27-21(36)16(25-2)20(35)19(34)10-4-5-11(29)12(30)6-10/h4-6,9,13,15-20,25,29-31,33-35H,7-8H2,1-3H3,(H2,24,32)(H,26,37)(H,27,36)/t9-,13+,15?,16?,17?,18-,19-,20-/m0/s1. The maximum atomic E-state index is 13.5. The van der Waals surface area contributed by atoms with E-state index in [0.29, 0.717) is 0 Å². The predicted molar refractivity (Wildman–Crippen MR) is 130 cm³/mol. The summed E-state index contributed by atoms with van der Waals surface area (Å²) in [5.41, 5.74) is 5.11. The Morgan fingerprint density at radius 3 is 2.24 bits per heavy atom. The summed E-state index contributed by atoms with van der Waals surface area (Å²) in [4.78, 5) is 51.4. The zero-order chi connectivity index (χ0) is 28.9. The quantitative estimate of drug-likeness (QED) is 0.120. The number of hydrogen-bond donors (Lipinski definition) is 10. The van der Waals surface area contributed by atoms with Crippen molar-refractivity contribution in [3.63, 3.8) is 0 Å². The summed E-state index contributed by atoms with van der Waals surface area (Å²) in [5, 5.41) is 68.5. The molecule has 1 saturated heterocycles. The minimum Gasteiger partial charge on any atom is -0.504 e. The van der Waals surface area contributed by atoms with Crippen molar-refractivity contribution in [1.29, 1.82) is 0 Å². The number of phenols is 2. The Hall–Kier alpha value is -3.50. The van der Waals surface area contributed by atoms with E-state index in [0.717, 1.165) is 17.0 Å². The highest BCUT2D eigenvalue weighted by atomic mass is 16.3. The molecule has 1 aromatic carbocycles. The number of primary amides is 1. The van der Waals surface area contributed by atoms with E-state index < -0.39 is 90.0 Å². The van der Waals surface area contributed by atoms with Crippen LogP contribution in [0.5, 0.6) is 11.5 Å². The number of likely N-dealkylation sites (N-methyl/N-ethyl adjacent to an activating group) is 2. The molecular weight excluding hydrogens is 506 g/mol. The molecule has 15 heteroatoms. The number of nitrogens with two attached hydrogens (primary N) is 1. The Bertz CT molecular complexity index is 1040. The number of carbonyl (C=O) groups is 4. The van der Waals surface area contributed by atoms with E-state index in [4.69, 9.17) is 5.73 Å². The number of aromatic hydroxyl groups is 2. The fourth-order valence-electron chi connectivity index (χ4n) is 4.33. The van der Waals surface area contributed by atoms with E-state index in [1.807, 2.05) is 0 Å². The van der Waals surface area contributed by atoms with Crippen LogP contribution in [0.25, 0.3) is 0 Å². The average Bonchev–Trinajstić information content (AvgIpc) is 3.16. The van der Waals surface area contributed by atoms with E-state index in [1.54, 1.807) is 6.92 Å². The molecule has 0 bridgehead atoms. The third kappa shape index (κ3) is 6.68. The Morgan fingerprint density at radius 1 is 1.08 bits per heavy atom. The molecule has 38 heavy (non-hydrogen) atoms. The zero-order valence-corrected chi connectivity index (χ0v) is 21.1. The highest BCUT2D eigenvalue weighted by molar-refractivity contribution is 5.94. The highest BCUT2D eigenvalue weighted by Gasteiger charge is 2.48. The molecule has 1 aliphatic heterocycles. The zero-order valence-electron chi connectivity index (χ0n) is 21.1. The van der Waals surface area contributed by atoms with Crippen molar-refractivity contribution in [1.82, 2.24) is 20.9 Å². The number of carbonyl (C=O) groups excluding carboxylic acids is 4. The lowest BCUT2D eigenvalue weighted by Gasteiger charge is -2.33. The maximum Gasteiger partial charge on any atom is 0.248 e. The first-order valence-corrected chi connectivity index (χ1v) is 11.8. The van der Waals surface area contributed by atoms with Crippen molar-refractivity contribution in [3.8, 4) is 11.5 Å². The fraction of sp³-hybridized carbons (Fsp3) is 0.565. The number of benzene rings is 1. The normalized spacial score (nSPS) is 23.1. The predicted octanol–water partition coefficient (Wildman–Crippen LogP) is -4.24. The van der Waals surface area contributed by atoms with Crippen LogP contribution in [-0.4, -0.2) is 116 Å². The van der Waals surface area contributed by atoms with Gasteiger partial charge in [0.05, 0.1) is 18.6 Å². The first kappa shape index (κ1) is 30.7. The van der Waals surface area contributed by atoms with Gasteiger partial charge in [-0.1, -0.05) is 13.0 Å². The molecule has 15 nitrogen and oxygen atoms in total. The van der Waals surface area contributed by atoms with E-state index in [-0.39, 0.29) is 12.1 Å². The molecule has 11 N–H and O–H groups in total. The largest absolute Gasteiger partial charge is 0.504 e. The van der Waals surface area contributed by atoms with Gasteiger partial charge in [-0.2, -0.15) is 0 Å². The van der Waals surface area contributed by atoms with Crippen LogP contribution >= 0.6 is 0 Å². The minimum atomic E-state index is -1.86. The summed E-state index contributed by atoms with van der Waals surface area (Å²) in [7, 11) is 2.57. The van der Waals surface area contributed by atoms with Crippen molar-refractivity contribution >= 4 is 23.6 Å². The van der Waals surface area contributed by atoms with Crippen LogP contribution in [0.15, 0.2) is 18.2 Å². The number of phenolic OH excluding ortho intramolecular Hbond substituents is 2. The molecule has 0 saturated carbocycles. The molecule has 1 aliphatic rings. The van der Waals surface area contributed by atoms with Gasteiger partial charge in [-0.15, -0.1) is 0 Å². The monoisotopic (exact) mass is 541 g/mol. The Balaban J connectivity index is 2.33. The molecule has 0 radical (unpaired) electrons. The van der Waals surface area contributed by atoms with Crippen molar-refractivity contribution < 1.29 is 49.8 Å². The summed E-state index contributed by atoms with van der Waals surface area (Å²) < 4.78 is 0. The Labute approximate surface area is 218 Å². The van der Waals surface area contributed by atoms with Crippen molar-refractivity contribution in [2.45, 2.75) is 55.9 Å². The number of nitrogens with zero attached hydrogens (tertiary/aromatic N) is 1. The van der Waals surface area contributed by atoms with Crippen LogP contribution in [0, 0.1) is 5.92 Å². The van der Waals surface area contributed by atoms with E-state index in [9.17, 15) is 49.8 Å². The van der Waals surface area contributed by atoms with Crippen molar-refractivity contribution in [3.05, 3.63) is 23.8 Å². The summed E-state index contributed by atoms with van der Waals surface area (Å²) in [6.07, 6.45) is -7.43. The Morgan fingerprint density at radius 2 is 1.71 bits per heavy atom. The van der Waals surface area contributed by atoms with Crippen molar-refractivity contribution in [2.24, 2.45) is 11.7 Å². The van der Waals surface area contributed by atoms with E-state index in [1.165, 1.54) is 20.2 Å². The lowest BCUT2D eigenvalue weighted by Crippen LogP contribution is -2.62. The number of hydrogen-bond acceptors (Lipinski definition) is 11. The van der Waals surface area contributed by atoms with Crippen LogP contribution in [0.4, 0.5) is 0 Å². The second kappa shape index (κ2) is 12.8. The highest BCUT2D eigenvalue weighted by Crippen LogP contribution is 2.30.